The first kappa shape index (κ1) is 15.2. The Balaban J connectivity index is 3.02. The predicted octanol–water partition coefficient (Wildman–Crippen LogP) is 2.66. The molecule has 0 aromatic heterocycles. The number of hydrogen-bond acceptors (Lipinski definition) is 2. The van der Waals surface area contributed by atoms with Crippen LogP contribution in [0.5, 0.6) is 0 Å². The Morgan fingerprint density at radius 2 is 1.17 bits per heavy atom. The molecule has 0 bridgehead atoms. The summed E-state index contributed by atoms with van der Waals surface area (Å²) in [5, 5.41) is 17.9. The normalized spacial score (nSPS) is 10.9. The number of aliphatic hydroxyl groups is 2. The molecule has 1 aromatic rings. The van der Waals surface area contributed by atoms with Crippen LogP contribution in [-0.4, -0.2) is 23.4 Å². The van der Waals surface area contributed by atoms with E-state index in [2.05, 4.69) is 26.0 Å². The van der Waals surface area contributed by atoms with Gasteiger partial charge in [0, 0.05) is 13.2 Å². The molecular weight excluding hydrogens is 224 g/mol. The Labute approximate surface area is 111 Å². The summed E-state index contributed by atoms with van der Waals surface area (Å²) in [7, 11) is 0. The van der Waals surface area contributed by atoms with Crippen LogP contribution in [0, 0.1) is 0 Å². The van der Waals surface area contributed by atoms with Gasteiger partial charge in [0.05, 0.1) is 0 Å². The van der Waals surface area contributed by atoms with Gasteiger partial charge in [0.1, 0.15) is 0 Å². The van der Waals surface area contributed by atoms with Crippen LogP contribution in [0.25, 0.3) is 0 Å². The third-order valence-electron chi connectivity index (χ3n) is 3.54. The molecular formula is C16H26O2. The van der Waals surface area contributed by atoms with Crippen LogP contribution < -0.4 is 0 Å². The molecule has 0 saturated carbocycles. The van der Waals surface area contributed by atoms with Gasteiger partial charge in [0.15, 0.2) is 0 Å². The lowest BCUT2D eigenvalue weighted by Crippen LogP contribution is -2.05. The van der Waals surface area contributed by atoms with Crippen LogP contribution in [0.15, 0.2) is 12.1 Å². The van der Waals surface area contributed by atoms with Gasteiger partial charge >= 0.3 is 0 Å². The monoisotopic (exact) mass is 250 g/mol. The highest BCUT2D eigenvalue weighted by Gasteiger charge is 2.10. The molecule has 2 nitrogen and oxygen atoms in total. The van der Waals surface area contributed by atoms with Crippen molar-refractivity contribution in [2.45, 2.75) is 52.4 Å². The van der Waals surface area contributed by atoms with Crippen LogP contribution in [-0.2, 0) is 25.7 Å². The zero-order chi connectivity index (χ0) is 13.4. The second-order valence-corrected chi connectivity index (χ2v) is 4.70. The second kappa shape index (κ2) is 8.28. The molecule has 2 heteroatoms. The van der Waals surface area contributed by atoms with Crippen molar-refractivity contribution in [1.29, 1.82) is 0 Å². The summed E-state index contributed by atoms with van der Waals surface area (Å²) in [4.78, 5) is 0. The average Bonchev–Trinajstić information content (AvgIpc) is 2.42. The largest absolute Gasteiger partial charge is 0.396 e. The minimum atomic E-state index is 0.261. The smallest absolute Gasteiger partial charge is 0.0434 e. The molecule has 0 aliphatic heterocycles. The number of benzene rings is 1. The van der Waals surface area contributed by atoms with Gasteiger partial charge in [-0.25, -0.2) is 0 Å². The highest BCUT2D eigenvalue weighted by molar-refractivity contribution is 5.41. The number of hydrogen-bond donors (Lipinski definition) is 2. The lowest BCUT2D eigenvalue weighted by Gasteiger charge is -2.17. The highest BCUT2D eigenvalue weighted by Crippen LogP contribution is 2.23. The van der Waals surface area contributed by atoms with Crippen molar-refractivity contribution in [2.24, 2.45) is 0 Å². The van der Waals surface area contributed by atoms with Crippen molar-refractivity contribution < 1.29 is 10.2 Å². The Bertz CT molecular complexity index is 323. The lowest BCUT2D eigenvalue weighted by atomic mass is 9.89. The first-order chi connectivity index (χ1) is 8.78. The third kappa shape index (κ3) is 3.82. The molecule has 102 valence electrons. The topological polar surface area (TPSA) is 40.5 Å². The fraction of sp³-hybridized carbons (Fsp3) is 0.625. The van der Waals surface area contributed by atoms with E-state index in [9.17, 15) is 0 Å². The highest BCUT2D eigenvalue weighted by atomic mass is 16.3. The fourth-order valence-corrected chi connectivity index (χ4v) is 2.68. The molecule has 0 atom stereocenters. The maximum absolute atomic E-state index is 8.96. The van der Waals surface area contributed by atoms with Gasteiger partial charge in [-0.15, -0.1) is 0 Å². The van der Waals surface area contributed by atoms with Crippen LogP contribution in [0.3, 0.4) is 0 Å². The van der Waals surface area contributed by atoms with E-state index in [1.807, 2.05) is 0 Å². The molecule has 1 rings (SSSR count). The Hall–Kier alpha value is -0.860. The third-order valence-corrected chi connectivity index (χ3v) is 3.54. The Morgan fingerprint density at radius 1 is 0.778 bits per heavy atom. The summed E-state index contributed by atoms with van der Waals surface area (Å²) in [5.74, 6) is 0. The Kier molecular flexibility index (Phi) is 6.99. The molecule has 18 heavy (non-hydrogen) atoms. The van der Waals surface area contributed by atoms with Crippen molar-refractivity contribution in [2.75, 3.05) is 13.2 Å². The molecule has 0 aliphatic carbocycles. The van der Waals surface area contributed by atoms with Gasteiger partial charge in [0.2, 0.25) is 0 Å². The molecule has 0 amide bonds. The maximum Gasteiger partial charge on any atom is 0.0434 e. The van der Waals surface area contributed by atoms with Gasteiger partial charge in [-0.3, -0.25) is 0 Å². The number of aliphatic hydroxyl groups excluding tert-OH is 2. The average molecular weight is 250 g/mol. The maximum atomic E-state index is 8.96. The molecule has 0 aliphatic rings. The molecule has 0 radical (unpaired) electrons. The van der Waals surface area contributed by atoms with Crippen molar-refractivity contribution in [3.8, 4) is 0 Å². The summed E-state index contributed by atoms with van der Waals surface area (Å²) in [6.07, 6.45) is 5.71. The first-order valence-corrected chi connectivity index (χ1v) is 7.12. The van der Waals surface area contributed by atoms with E-state index in [0.717, 1.165) is 38.5 Å². The van der Waals surface area contributed by atoms with Crippen molar-refractivity contribution in [3.63, 3.8) is 0 Å². The van der Waals surface area contributed by atoms with Crippen LogP contribution in [0.1, 0.15) is 48.9 Å². The lowest BCUT2D eigenvalue weighted by molar-refractivity contribution is 0.288. The van der Waals surface area contributed by atoms with Crippen molar-refractivity contribution in [3.05, 3.63) is 34.4 Å². The van der Waals surface area contributed by atoms with Gasteiger partial charge in [-0.2, -0.15) is 0 Å². The van der Waals surface area contributed by atoms with Crippen LogP contribution in [0.4, 0.5) is 0 Å². The van der Waals surface area contributed by atoms with Crippen LogP contribution >= 0.6 is 0 Å². The molecule has 0 spiro atoms. The van der Waals surface area contributed by atoms with E-state index in [1.54, 1.807) is 0 Å². The van der Waals surface area contributed by atoms with Gasteiger partial charge in [-0.1, -0.05) is 26.0 Å². The summed E-state index contributed by atoms with van der Waals surface area (Å²) in [6, 6.07) is 4.42. The predicted molar refractivity (Wildman–Crippen MR) is 76.0 cm³/mol. The van der Waals surface area contributed by atoms with Gasteiger partial charge in [0.25, 0.3) is 0 Å². The zero-order valence-corrected chi connectivity index (χ0v) is 11.7. The van der Waals surface area contributed by atoms with E-state index >= 15 is 0 Å². The van der Waals surface area contributed by atoms with Gasteiger partial charge in [-0.05, 0) is 60.8 Å². The van der Waals surface area contributed by atoms with E-state index in [0.29, 0.717) is 0 Å². The molecule has 0 heterocycles. The molecule has 0 unspecified atom stereocenters. The van der Waals surface area contributed by atoms with Crippen molar-refractivity contribution >= 4 is 0 Å². The van der Waals surface area contributed by atoms with Crippen molar-refractivity contribution in [1.82, 2.24) is 0 Å². The van der Waals surface area contributed by atoms with E-state index in [-0.39, 0.29) is 13.2 Å². The number of aryl methyl sites for hydroxylation is 2. The second-order valence-electron chi connectivity index (χ2n) is 4.70. The minimum absolute atomic E-state index is 0.261. The summed E-state index contributed by atoms with van der Waals surface area (Å²) >= 11 is 0. The van der Waals surface area contributed by atoms with E-state index in [4.69, 9.17) is 10.2 Å². The fourth-order valence-electron chi connectivity index (χ4n) is 2.68. The summed E-state index contributed by atoms with van der Waals surface area (Å²) in [6.45, 7) is 4.92. The Morgan fingerprint density at radius 3 is 1.44 bits per heavy atom. The first-order valence-electron chi connectivity index (χ1n) is 7.12. The van der Waals surface area contributed by atoms with Gasteiger partial charge < -0.3 is 10.2 Å². The standard InChI is InChI=1S/C16H26O2/c1-3-15-13(7-5-11-17)9-10-14(8-6-12-18)16(15)4-2/h9-10,17-18H,3-8,11-12H2,1-2H3. The molecule has 0 saturated heterocycles. The SMILES string of the molecule is CCc1c(CCCO)ccc(CCCO)c1CC. The molecule has 0 fully saturated rings. The molecule has 1 aromatic carbocycles. The molecule has 2 N–H and O–H groups in total. The number of rotatable bonds is 8. The van der Waals surface area contributed by atoms with Crippen LogP contribution in [0.2, 0.25) is 0 Å². The summed E-state index contributed by atoms with van der Waals surface area (Å²) in [5.41, 5.74) is 5.69. The van der Waals surface area contributed by atoms with E-state index in [1.165, 1.54) is 22.3 Å². The zero-order valence-electron chi connectivity index (χ0n) is 11.7. The quantitative estimate of drug-likeness (QED) is 0.744. The minimum Gasteiger partial charge on any atom is -0.396 e. The van der Waals surface area contributed by atoms with E-state index < -0.39 is 0 Å². The summed E-state index contributed by atoms with van der Waals surface area (Å²) < 4.78 is 0.